The fourth-order valence-corrected chi connectivity index (χ4v) is 4.85. The van der Waals surface area contributed by atoms with E-state index in [1.165, 1.54) is 6.07 Å². The second kappa shape index (κ2) is 9.44. The van der Waals surface area contributed by atoms with E-state index in [1.807, 2.05) is 24.5 Å². The Morgan fingerprint density at radius 2 is 1.94 bits per heavy atom. The third-order valence-corrected chi connectivity index (χ3v) is 6.44. The van der Waals surface area contributed by atoms with Crippen LogP contribution in [-0.2, 0) is 26.2 Å². The fraction of sp³-hybridized carbons (Fsp3) is 0.333. The first kappa shape index (κ1) is 24.0. The Morgan fingerprint density at radius 1 is 1.19 bits per heavy atom. The van der Waals surface area contributed by atoms with Crippen LogP contribution in [-0.4, -0.2) is 32.5 Å². The maximum absolute atomic E-state index is 13.1. The summed E-state index contributed by atoms with van der Waals surface area (Å²) in [5, 5.41) is 0.876. The molecule has 31 heavy (non-hydrogen) atoms. The Morgan fingerprint density at radius 3 is 2.55 bits per heavy atom. The molecule has 168 valence electrons. The second-order valence-corrected chi connectivity index (χ2v) is 10.0. The molecular weight excluding hydrogens is 471 g/mol. The summed E-state index contributed by atoms with van der Waals surface area (Å²) >= 11 is 7.95. The van der Waals surface area contributed by atoms with Crippen LogP contribution in [0.5, 0.6) is 0 Å². The maximum atomic E-state index is 13.1. The largest absolute Gasteiger partial charge is 0.416 e. The van der Waals surface area contributed by atoms with Crippen molar-refractivity contribution in [2.45, 2.75) is 24.3 Å². The maximum Gasteiger partial charge on any atom is 0.416 e. The highest BCUT2D eigenvalue weighted by Crippen LogP contribution is 2.40. The molecule has 1 N–H and O–H groups in total. The predicted octanol–water partition coefficient (Wildman–Crippen LogP) is 6.20. The molecule has 0 bridgehead atoms. The summed E-state index contributed by atoms with van der Waals surface area (Å²) < 4.78 is 67.0. The molecule has 2 aromatic carbocycles. The molecule has 4 nitrogen and oxygen atoms in total. The Balaban J connectivity index is 2.08. The molecule has 1 aromatic heterocycles. The number of para-hydroxylation sites is 1. The zero-order chi connectivity index (χ0) is 22.8. The van der Waals surface area contributed by atoms with E-state index >= 15 is 0 Å². The van der Waals surface area contributed by atoms with Gasteiger partial charge in [0.1, 0.15) is 0 Å². The van der Waals surface area contributed by atoms with Gasteiger partial charge in [0.25, 0.3) is 10.1 Å². The lowest BCUT2D eigenvalue weighted by atomic mass is 9.87. The number of thioether (sulfide) groups is 1. The van der Waals surface area contributed by atoms with Gasteiger partial charge >= 0.3 is 6.18 Å². The number of halogens is 4. The second-order valence-electron chi connectivity index (χ2n) is 7.12. The lowest BCUT2D eigenvalue weighted by Gasteiger charge is -2.20. The number of alkyl halides is 3. The van der Waals surface area contributed by atoms with Crippen molar-refractivity contribution in [1.29, 1.82) is 0 Å². The van der Waals surface area contributed by atoms with Crippen molar-refractivity contribution in [1.82, 2.24) is 4.98 Å². The van der Waals surface area contributed by atoms with Gasteiger partial charge in [-0.25, -0.2) is 0 Å². The Labute approximate surface area is 188 Å². The molecule has 1 unspecified atom stereocenters. The molecule has 0 spiro atoms. The molecule has 0 saturated carbocycles. The van der Waals surface area contributed by atoms with Gasteiger partial charge in [-0.15, -0.1) is 0 Å². The average molecular weight is 492 g/mol. The average Bonchev–Trinajstić information content (AvgIpc) is 3.09. The highest BCUT2D eigenvalue weighted by molar-refractivity contribution is 7.97. The van der Waals surface area contributed by atoms with E-state index in [0.717, 1.165) is 46.2 Å². The molecule has 1 atom stereocenters. The van der Waals surface area contributed by atoms with Crippen LogP contribution in [0.15, 0.2) is 42.6 Å². The van der Waals surface area contributed by atoms with Crippen molar-refractivity contribution in [2.75, 3.05) is 19.1 Å². The van der Waals surface area contributed by atoms with Crippen LogP contribution in [0.3, 0.4) is 0 Å². The number of fused-ring (bicyclic) bond motifs is 1. The van der Waals surface area contributed by atoms with Crippen molar-refractivity contribution < 1.29 is 25.8 Å². The van der Waals surface area contributed by atoms with Crippen LogP contribution in [0.2, 0.25) is 5.02 Å². The van der Waals surface area contributed by atoms with E-state index in [-0.39, 0.29) is 18.1 Å². The van der Waals surface area contributed by atoms with E-state index in [4.69, 9.17) is 15.8 Å². The molecule has 0 radical (unpaired) electrons. The first-order chi connectivity index (χ1) is 14.5. The Hall–Kier alpha value is -1.68. The molecule has 0 aliphatic rings. The highest BCUT2D eigenvalue weighted by Gasteiger charge is 2.32. The van der Waals surface area contributed by atoms with Gasteiger partial charge in [0.2, 0.25) is 0 Å². The first-order valence-corrected chi connectivity index (χ1v) is 12.9. The van der Waals surface area contributed by atoms with E-state index in [0.29, 0.717) is 5.56 Å². The molecule has 10 heteroatoms. The molecule has 0 amide bonds. The van der Waals surface area contributed by atoms with Crippen LogP contribution in [0, 0.1) is 0 Å². The predicted molar refractivity (Wildman–Crippen MR) is 119 cm³/mol. The number of benzene rings is 2. The fourth-order valence-electron chi connectivity index (χ4n) is 3.58. The molecule has 0 aliphatic carbocycles. The molecule has 3 rings (SSSR count). The van der Waals surface area contributed by atoms with Crippen molar-refractivity contribution in [2.24, 2.45) is 0 Å². The van der Waals surface area contributed by atoms with Crippen molar-refractivity contribution >= 4 is 44.4 Å². The molecule has 3 aromatic rings. The van der Waals surface area contributed by atoms with Gasteiger partial charge in [0.15, 0.2) is 0 Å². The number of aromatic nitrogens is 1. The normalized spacial score (nSPS) is 13.6. The molecule has 0 saturated heterocycles. The van der Waals surface area contributed by atoms with E-state index in [1.54, 1.807) is 18.0 Å². The van der Waals surface area contributed by atoms with E-state index in [9.17, 15) is 21.6 Å². The van der Waals surface area contributed by atoms with Gasteiger partial charge in [0, 0.05) is 33.8 Å². The van der Waals surface area contributed by atoms with Gasteiger partial charge in [-0.3, -0.25) is 4.18 Å². The van der Waals surface area contributed by atoms with Crippen molar-refractivity contribution in [3.05, 3.63) is 69.9 Å². The molecule has 1 heterocycles. The van der Waals surface area contributed by atoms with Crippen LogP contribution in [0.4, 0.5) is 13.2 Å². The van der Waals surface area contributed by atoms with Crippen LogP contribution in [0.25, 0.3) is 10.9 Å². The zero-order valence-corrected chi connectivity index (χ0v) is 19.2. The number of nitrogens with one attached hydrogen (secondary N) is 1. The first-order valence-electron chi connectivity index (χ1n) is 9.30. The third kappa shape index (κ3) is 5.77. The van der Waals surface area contributed by atoms with Gasteiger partial charge in [0.05, 0.1) is 18.4 Å². The summed E-state index contributed by atoms with van der Waals surface area (Å²) in [7, 11) is -3.66. The van der Waals surface area contributed by atoms with Crippen LogP contribution >= 0.6 is 23.4 Å². The number of aromatic amines is 1. The highest BCUT2D eigenvalue weighted by atomic mass is 35.5. The van der Waals surface area contributed by atoms with Crippen LogP contribution in [0.1, 0.15) is 34.6 Å². The van der Waals surface area contributed by atoms with Crippen molar-refractivity contribution in [3.8, 4) is 0 Å². The van der Waals surface area contributed by atoms with E-state index < -0.39 is 27.8 Å². The summed E-state index contributed by atoms with van der Waals surface area (Å²) in [4.78, 5) is 3.26. The lowest BCUT2D eigenvalue weighted by Crippen LogP contribution is -2.11. The topological polar surface area (TPSA) is 59.2 Å². The number of rotatable bonds is 8. The number of hydrogen-bond donors (Lipinski definition) is 1. The quantitative estimate of drug-likeness (QED) is 0.381. The van der Waals surface area contributed by atoms with Gasteiger partial charge in [-0.2, -0.15) is 33.4 Å². The summed E-state index contributed by atoms with van der Waals surface area (Å²) in [6, 6.07) is 9.08. The number of hydrogen-bond acceptors (Lipinski definition) is 4. The summed E-state index contributed by atoms with van der Waals surface area (Å²) in [5.41, 5.74) is 2.48. The minimum Gasteiger partial charge on any atom is -0.361 e. The minimum absolute atomic E-state index is 0.0335. The Kier molecular flexibility index (Phi) is 7.30. The van der Waals surface area contributed by atoms with Gasteiger partial charge in [-0.1, -0.05) is 35.9 Å². The molecular formula is C21H21ClF3NO3S2. The summed E-state index contributed by atoms with van der Waals surface area (Å²) in [6.45, 7) is -0.127. The summed E-state index contributed by atoms with van der Waals surface area (Å²) in [5.74, 6) is 0.329. The molecule has 0 aliphatic heterocycles. The molecule has 0 fully saturated rings. The third-order valence-electron chi connectivity index (χ3n) is 4.92. The zero-order valence-electron chi connectivity index (χ0n) is 16.8. The van der Waals surface area contributed by atoms with Gasteiger partial charge < -0.3 is 4.98 Å². The van der Waals surface area contributed by atoms with Crippen molar-refractivity contribution in [3.63, 3.8) is 0 Å². The monoisotopic (exact) mass is 491 g/mol. The SMILES string of the molecule is CSCc1cccc2c(C(CCOS(C)(=O)=O)c3ccc(C(F)(F)F)cc3Cl)c[nH]c12. The lowest BCUT2D eigenvalue weighted by molar-refractivity contribution is -0.137. The Bertz CT molecular complexity index is 1180. The van der Waals surface area contributed by atoms with E-state index in [2.05, 4.69) is 4.98 Å². The van der Waals surface area contributed by atoms with Gasteiger partial charge in [-0.05, 0) is 41.5 Å². The number of H-pyrrole nitrogens is 1. The summed E-state index contributed by atoms with van der Waals surface area (Å²) in [6.07, 6.45) is 0.458. The van der Waals surface area contributed by atoms with Crippen LogP contribution < -0.4 is 0 Å². The minimum atomic E-state index is -4.51. The standard InChI is InChI=1S/C21H21ClF3NO3S2/c1-30-12-13-4-3-5-17-18(11-26-20(13)17)15(8-9-29-31(2,27)28)16-7-6-14(10-19(16)22)21(23,24)25/h3-7,10-11,15,26H,8-9,12H2,1-2H3. The smallest absolute Gasteiger partial charge is 0.361 e.